The zero-order chi connectivity index (χ0) is 19.2. The van der Waals surface area contributed by atoms with Crippen molar-refractivity contribution in [1.29, 1.82) is 0 Å². The minimum atomic E-state index is -1.75. The third-order valence-electron chi connectivity index (χ3n) is 4.39. The Balaban J connectivity index is 2.06. The maximum atomic E-state index is 12.9. The quantitative estimate of drug-likeness (QED) is 0.798. The number of amides is 5. The van der Waals surface area contributed by atoms with E-state index in [4.69, 9.17) is 11.6 Å². The third kappa shape index (κ3) is 2.60. The second-order valence-electron chi connectivity index (χ2n) is 6.10. The Kier molecular flexibility index (Phi) is 4.19. The van der Waals surface area contributed by atoms with Crippen LogP contribution in [0.2, 0.25) is 5.02 Å². The number of carbonyl (C=O) groups is 4. The molecule has 0 spiro atoms. The molecule has 0 aliphatic carbocycles. The van der Waals surface area contributed by atoms with Gasteiger partial charge < -0.3 is 5.32 Å². The van der Waals surface area contributed by atoms with E-state index in [0.717, 1.165) is 14.8 Å². The van der Waals surface area contributed by atoms with Gasteiger partial charge in [0.1, 0.15) is 0 Å². The zero-order valence-electron chi connectivity index (χ0n) is 14.3. The number of fused-ring (bicyclic) bond motifs is 1. The van der Waals surface area contributed by atoms with Crippen LogP contribution in [0.4, 0.5) is 9.59 Å². The van der Waals surface area contributed by atoms with Crippen molar-refractivity contribution in [2.24, 2.45) is 5.10 Å². The van der Waals surface area contributed by atoms with E-state index in [1.165, 1.54) is 33.3 Å². The van der Waals surface area contributed by atoms with Gasteiger partial charge in [-0.05, 0) is 24.3 Å². The lowest BCUT2D eigenvalue weighted by Crippen LogP contribution is -2.76. The highest BCUT2D eigenvalue weighted by molar-refractivity contribution is 6.31. The molecule has 136 valence electrons. The van der Waals surface area contributed by atoms with Crippen molar-refractivity contribution in [3.63, 3.8) is 0 Å². The van der Waals surface area contributed by atoms with Gasteiger partial charge in [0.15, 0.2) is 17.2 Å². The molecule has 1 N–H and O–H groups in total. The van der Waals surface area contributed by atoms with E-state index in [0.29, 0.717) is 10.6 Å². The first-order valence-electron chi connectivity index (χ1n) is 7.67. The number of Topliss-reactive ketones (excluding diaryl/α,β-unsaturated/α-hetero) is 1. The van der Waals surface area contributed by atoms with Gasteiger partial charge in [-0.3, -0.25) is 19.4 Å². The van der Waals surface area contributed by atoms with Gasteiger partial charge in [-0.1, -0.05) is 11.6 Å². The molecule has 1 aromatic rings. The molecular weight excluding hydrogens is 362 g/mol. The van der Waals surface area contributed by atoms with Crippen LogP contribution in [0.1, 0.15) is 16.8 Å². The molecule has 3 rings (SSSR count). The van der Waals surface area contributed by atoms with Crippen molar-refractivity contribution >= 4 is 41.2 Å². The van der Waals surface area contributed by atoms with Crippen LogP contribution in [0.25, 0.3) is 0 Å². The molecule has 0 bridgehead atoms. The van der Waals surface area contributed by atoms with E-state index in [2.05, 4.69) is 10.4 Å². The summed E-state index contributed by atoms with van der Waals surface area (Å²) in [5.74, 6) is -1.12. The Morgan fingerprint density at radius 3 is 2.35 bits per heavy atom. The van der Waals surface area contributed by atoms with E-state index in [1.807, 2.05) is 0 Å². The van der Waals surface area contributed by atoms with Crippen molar-refractivity contribution in [3.05, 3.63) is 34.9 Å². The number of likely N-dealkylation sites (N-methyl/N-ethyl adjacent to an activating group) is 2. The van der Waals surface area contributed by atoms with Gasteiger partial charge in [-0.25, -0.2) is 14.6 Å². The number of ketones is 1. The summed E-state index contributed by atoms with van der Waals surface area (Å²) >= 11 is 5.83. The number of rotatable bonds is 3. The second kappa shape index (κ2) is 6.10. The Morgan fingerprint density at radius 1 is 1.12 bits per heavy atom. The Hall–Kier alpha value is -2.94. The second-order valence-corrected chi connectivity index (χ2v) is 6.53. The molecule has 2 aliphatic heterocycles. The van der Waals surface area contributed by atoms with Gasteiger partial charge in [0.25, 0.3) is 5.91 Å². The van der Waals surface area contributed by atoms with Crippen LogP contribution in [0.3, 0.4) is 0 Å². The van der Waals surface area contributed by atoms with Crippen molar-refractivity contribution in [2.75, 3.05) is 21.1 Å². The molecule has 2 heterocycles. The molecule has 1 aromatic carbocycles. The van der Waals surface area contributed by atoms with Crippen LogP contribution >= 0.6 is 11.6 Å². The minimum absolute atomic E-state index is 0.00462. The van der Waals surface area contributed by atoms with E-state index in [-0.39, 0.29) is 12.3 Å². The summed E-state index contributed by atoms with van der Waals surface area (Å²) in [6, 6.07) is 4.91. The molecule has 26 heavy (non-hydrogen) atoms. The predicted molar refractivity (Wildman–Crippen MR) is 92.8 cm³/mol. The smallest absolute Gasteiger partial charge is 0.315 e. The first-order valence-corrected chi connectivity index (χ1v) is 8.05. The average molecular weight is 378 g/mol. The first-order chi connectivity index (χ1) is 12.2. The topological polar surface area (TPSA) is 102 Å². The minimum Gasteiger partial charge on any atom is -0.315 e. The van der Waals surface area contributed by atoms with Crippen molar-refractivity contribution < 1.29 is 19.2 Å². The highest BCUT2D eigenvalue weighted by Crippen LogP contribution is 2.29. The van der Waals surface area contributed by atoms with Crippen LogP contribution in [0.15, 0.2) is 29.4 Å². The van der Waals surface area contributed by atoms with Crippen molar-refractivity contribution in [2.45, 2.75) is 12.0 Å². The normalized spacial score (nSPS) is 22.8. The van der Waals surface area contributed by atoms with Gasteiger partial charge in [0.2, 0.25) is 0 Å². The number of carbonyl (C=O) groups excluding carboxylic acids is 4. The standard InChI is InChI=1S/C16H16ClN5O4/c1-20-12-16(13(24)21(2)15(20)26,18-14(25)22(3)19-12)8-11(23)9-4-6-10(17)7-5-9/h4-7H,8H2,1-3H3,(H,18,25). The number of benzene rings is 1. The monoisotopic (exact) mass is 377 g/mol. The maximum Gasteiger partial charge on any atom is 0.338 e. The molecule has 0 aromatic heterocycles. The fourth-order valence-electron chi connectivity index (χ4n) is 2.96. The molecule has 2 aliphatic rings. The number of imide groups is 1. The average Bonchev–Trinajstić information content (AvgIpc) is 2.61. The fraction of sp³-hybridized carbons (Fsp3) is 0.312. The molecular formula is C16H16ClN5O4. The van der Waals surface area contributed by atoms with Crippen molar-refractivity contribution in [3.8, 4) is 0 Å². The number of halogens is 1. The lowest BCUT2D eigenvalue weighted by Gasteiger charge is -2.46. The lowest BCUT2D eigenvalue weighted by atomic mass is 9.85. The number of hydrazone groups is 1. The van der Waals surface area contributed by atoms with Gasteiger partial charge in [-0.2, -0.15) is 5.10 Å². The first kappa shape index (κ1) is 17.9. The molecule has 9 nitrogen and oxygen atoms in total. The molecule has 1 saturated heterocycles. The largest absolute Gasteiger partial charge is 0.338 e. The number of amidine groups is 1. The number of urea groups is 2. The Morgan fingerprint density at radius 2 is 1.73 bits per heavy atom. The number of nitrogens with one attached hydrogen (secondary N) is 1. The molecule has 1 unspecified atom stereocenters. The maximum absolute atomic E-state index is 12.9. The molecule has 1 fully saturated rings. The molecule has 1 atom stereocenters. The number of nitrogens with zero attached hydrogens (tertiary/aromatic N) is 4. The molecule has 10 heteroatoms. The molecule has 0 radical (unpaired) electrons. The highest BCUT2D eigenvalue weighted by atomic mass is 35.5. The summed E-state index contributed by atoms with van der Waals surface area (Å²) in [4.78, 5) is 52.1. The number of hydrogen-bond acceptors (Lipinski definition) is 5. The predicted octanol–water partition coefficient (Wildman–Crippen LogP) is 1.14. The van der Waals surface area contributed by atoms with Crippen LogP contribution in [-0.2, 0) is 4.79 Å². The van der Waals surface area contributed by atoms with Crippen molar-refractivity contribution in [1.82, 2.24) is 20.1 Å². The van der Waals surface area contributed by atoms with Crippen LogP contribution in [0.5, 0.6) is 0 Å². The lowest BCUT2D eigenvalue weighted by molar-refractivity contribution is -0.133. The third-order valence-corrected chi connectivity index (χ3v) is 4.65. The van der Waals surface area contributed by atoms with Gasteiger partial charge in [0.05, 0.1) is 6.42 Å². The molecule has 5 amide bonds. The van der Waals surface area contributed by atoms with E-state index in [9.17, 15) is 19.2 Å². The summed E-state index contributed by atoms with van der Waals surface area (Å²) in [6.07, 6.45) is -0.381. The zero-order valence-corrected chi connectivity index (χ0v) is 15.1. The summed E-state index contributed by atoms with van der Waals surface area (Å²) in [6.45, 7) is 0. The van der Waals surface area contributed by atoms with Crippen LogP contribution in [-0.4, -0.2) is 71.1 Å². The SMILES string of the molecule is CN1N=C2N(C)C(=O)N(C)C(=O)C2(CC(=O)c2ccc(Cl)cc2)NC1=O. The Bertz CT molecular complexity index is 853. The number of hydrogen-bond donors (Lipinski definition) is 1. The summed E-state index contributed by atoms with van der Waals surface area (Å²) in [5, 5.41) is 8.05. The van der Waals surface area contributed by atoms with Gasteiger partial charge in [0, 0.05) is 31.7 Å². The molecule has 0 saturated carbocycles. The Labute approximate surface area is 154 Å². The highest BCUT2D eigenvalue weighted by Gasteiger charge is 2.58. The van der Waals surface area contributed by atoms with Gasteiger partial charge in [-0.15, -0.1) is 0 Å². The van der Waals surface area contributed by atoms with E-state index >= 15 is 0 Å². The van der Waals surface area contributed by atoms with Crippen LogP contribution < -0.4 is 5.32 Å². The van der Waals surface area contributed by atoms with Crippen LogP contribution in [0, 0.1) is 0 Å². The van der Waals surface area contributed by atoms with E-state index in [1.54, 1.807) is 12.1 Å². The van der Waals surface area contributed by atoms with Gasteiger partial charge >= 0.3 is 12.1 Å². The summed E-state index contributed by atoms with van der Waals surface area (Å²) in [5.41, 5.74) is -1.43. The summed E-state index contributed by atoms with van der Waals surface area (Å²) in [7, 11) is 4.10. The fourth-order valence-corrected chi connectivity index (χ4v) is 3.09. The summed E-state index contributed by atoms with van der Waals surface area (Å²) < 4.78 is 0. The van der Waals surface area contributed by atoms with E-state index < -0.39 is 29.3 Å².